The minimum absolute atomic E-state index is 0.123. The van der Waals surface area contributed by atoms with Crippen LogP contribution in [0.5, 0.6) is 5.75 Å². The molecular formula is C19H23ClN2O2. The molecule has 0 radical (unpaired) electrons. The van der Waals surface area contributed by atoms with Gasteiger partial charge in [-0.1, -0.05) is 37.6 Å². The highest BCUT2D eigenvalue weighted by molar-refractivity contribution is 6.31. The van der Waals surface area contributed by atoms with Crippen LogP contribution >= 0.6 is 11.6 Å². The molecule has 128 valence electrons. The largest absolute Gasteiger partial charge is 0.495 e. The number of rotatable bonds is 6. The van der Waals surface area contributed by atoms with Gasteiger partial charge in [0.1, 0.15) is 5.75 Å². The van der Waals surface area contributed by atoms with E-state index in [0.29, 0.717) is 16.7 Å². The summed E-state index contributed by atoms with van der Waals surface area (Å²) in [5, 5.41) is 6.59. The van der Waals surface area contributed by atoms with Crippen LogP contribution in [0.3, 0.4) is 0 Å². The lowest BCUT2D eigenvalue weighted by Gasteiger charge is -2.13. The first-order chi connectivity index (χ1) is 11.4. The summed E-state index contributed by atoms with van der Waals surface area (Å²) >= 11 is 6.08. The number of nitrogens with one attached hydrogen (secondary N) is 2. The van der Waals surface area contributed by atoms with E-state index >= 15 is 0 Å². The molecule has 0 unspecified atom stereocenters. The molecule has 2 N–H and O–H groups in total. The highest BCUT2D eigenvalue weighted by atomic mass is 35.5. The number of carbonyl (C=O) groups is 1. The molecule has 0 spiro atoms. The zero-order valence-electron chi connectivity index (χ0n) is 14.4. The number of anilines is 2. The molecule has 2 rings (SSSR count). The summed E-state index contributed by atoms with van der Waals surface area (Å²) in [6.45, 7) is 6.32. The molecular weight excluding hydrogens is 324 g/mol. The number of carbonyl (C=O) groups excluding carboxylic acids is 1. The first kappa shape index (κ1) is 18.1. The van der Waals surface area contributed by atoms with Gasteiger partial charge < -0.3 is 15.4 Å². The minimum Gasteiger partial charge on any atom is -0.495 e. The average Bonchev–Trinajstić information content (AvgIpc) is 2.56. The number of amides is 1. The van der Waals surface area contributed by atoms with E-state index in [1.54, 1.807) is 13.2 Å². The van der Waals surface area contributed by atoms with E-state index in [1.165, 1.54) is 5.56 Å². The Kier molecular flexibility index (Phi) is 6.10. The van der Waals surface area contributed by atoms with Gasteiger partial charge in [0.2, 0.25) is 5.91 Å². The highest BCUT2D eigenvalue weighted by Crippen LogP contribution is 2.30. The smallest absolute Gasteiger partial charge is 0.243 e. The Balaban J connectivity index is 1.97. The maximum atomic E-state index is 12.1. The molecule has 5 heteroatoms. The summed E-state index contributed by atoms with van der Waals surface area (Å²) in [5.41, 5.74) is 3.69. The van der Waals surface area contributed by atoms with E-state index in [9.17, 15) is 4.79 Å². The van der Waals surface area contributed by atoms with Crippen LogP contribution in [0.4, 0.5) is 11.4 Å². The van der Waals surface area contributed by atoms with Crippen molar-refractivity contribution in [1.82, 2.24) is 0 Å². The van der Waals surface area contributed by atoms with Gasteiger partial charge in [-0.05, 0) is 42.2 Å². The second kappa shape index (κ2) is 8.06. The number of hydrogen-bond donors (Lipinski definition) is 2. The van der Waals surface area contributed by atoms with E-state index in [1.807, 2.05) is 37.3 Å². The third kappa shape index (κ3) is 4.65. The van der Waals surface area contributed by atoms with Crippen LogP contribution in [-0.4, -0.2) is 19.6 Å². The lowest BCUT2D eigenvalue weighted by molar-refractivity contribution is -0.114. The monoisotopic (exact) mass is 346 g/mol. The van der Waals surface area contributed by atoms with Crippen LogP contribution in [0, 0.1) is 6.92 Å². The first-order valence-electron chi connectivity index (χ1n) is 7.88. The predicted octanol–water partition coefficient (Wildman–Crippen LogP) is 4.83. The van der Waals surface area contributed by atoms with Gasteiger partial charge in [0.05, 0.1) is 19.3 Å². The number of halogens is 1. The highest BCUT2D eigenvalue weighted by Gasteiger charge is 2.09. The molecule has 0 aliphatic rings. The van der Waals surface area contributed by atoms with E-state index in [4.69, 9.17) is 16.3 Å². The van der Waals surface area contributed by atoms with Gasteiger partial charge in [-0.3, -0.25) is 4.79 Å². The lowest BCUT2D eigenvalue weighted by Crippen LogP contribution is -2.22. The Hall–Kier alpha value is -2.20. The molecule has 0 fully saturated rings. The molecule has 24 heavy (non-hydrogen) atoms. The molecule has 4 nitrogen and oxygen atoms in total. The van der Waals surface area contributed by atoms with Gasteiger partial charge in [0.25, 0.3) is 0 Å². The number of methoxy groups -OCH3 is 1. The number of aryl methyl sites for hydroxylation is 1. The number of hydrogen-bond acceptors (Lipinski definition) is 3. The number of ether oxygens (including phenoxy) is 1. The van der Waals surface area contributed by atoms with Crippen LogP contribution < -0.4 is 15.4 Å². The van der Waals surface area contributed by atoms with E-state index in [-0.39, 0.29) is 12.5 Å². The fourth-order valence-corrected chi connectivity index (χ4v) is 2.46. The third-order valence-electron chi connectivity index (χ3n) is 3.78. The second-order valence-corrected chi connectivity index (χ2v) is 6.39. The zero-order chi connectivity index (χ0) is 17.7. The maximum Gasteiger partial charge on any atom is 0.243 e. The van der Waals surface area contributed by atoms with E-state index in [0.717, 1.165) is 16.9 Å². The van der Waals surface area contributed by atoms with Crippen LogP contribution in [0.2, 0.25) is 5.02 Å². The predicted molar refractivity (Wildman–Crippen MR) is 100 cm³/mol. The van der Waals surface area contributed by atoms with Crippen LogP contribution in [0.15, 0.2) is 36.4 Å². The summed E-state index contributed by atoms with van der Waals surface area (Å²) in [7, 11) is 1.57. The van der Waals surface area contributed by atoms with Gasteiger partial charge in [-0.15, -0.1) is 0 Å². The van der Waals surface area contributed by atoms with Crippen molar-refractivity contribution >= 4 is 28.9 Å². The molecule has 2 aromatic rings. The van der Waals surface area contributed by atoms with Gasteiger partial charge in [0.15, 0.2) is 0 Å². The third-order valence-corrected chi connectivity index (χ3v) is 4.19. The Labute approximate surface area is 148 Å². The van der Waals surface area contributed by atoms with Crippen molar-refractivity contribution in [2.75, 3.05) is 24.3 Å². The van der Waals surface area contributed by atoms with Gasteiger partial charge in [-0.25, -0.2) is 0 Å². The van der Waals surface area contributed by atoms with Crippen LogP contribution in [0.1, 0.15) is 30.9 Å². The van der Waals surface area contributed by atoms with Crippen LogP contribution in [0.25, 0.3) is 0 Å². The topological polar surface area (TPSA) is 50.4 Å². The van der Waals surface area contributed by atoms with Crippen molar-refractivity contribution < 1.29 is 9.53 Å². The summed E-state index contributed by atoms with van der Waals surface area (Å²) in [4.78, 5) is 12.1. The van der Waals surface area contributed by atoms with Gasteiger partial charge in [-0.2, -0.15) is 0 Å². The summed E-state index contributed by atoms with van der Waals surface area (Å²) in [6, 6.07) is 11.5. The van der Waals surface area contributed by atoms with E-state index < -0.39 is 0 Å². The quantitative estimate of drug-likeness (QED) is 0.787. The Morgan fingerprint density at radius 3 is 2.46 bits per heavy atom. The fraction of sp³-hybridized carbons (Fsp3) is 0.316. The molecule has 0 aromatic heterocycles. The van der Waals surface area contributed by atoms with Crippen molar-refractivity contribution in [1.29, 1.82) is 0 Å². The molecule has 1 amide bonds. The van der Waals surface area contributed by atoms with E-state index in [2.05, 4.69) is 24.5 Å². The Morgan fingerprint density at radius 1 is 1.21 bits per heavy atom. The molecule has 2 aromatic carbocycles. The molecule has 0 aliphatic carbocycles. The zero-order valence-corrected chi connectivity index (χ0v) is 15.2. The molecule has 0 saturated heterocycles. The number of benzene rings is 2. The average molecular weight is 347 g/mol. The molecule has 0 heterocycles. The lowest BCUT2D eigenvalue weighted by atomic mass is 10.0. The summed E-state index contributed by atoms with van der Waals surface area (Å²) < 4.78 is 5.29. The summed E-state index contributed by atoms with van der Waals surface area (Å²) in [5.74, 6) is 0.957. The molecule has 0 aliphatic heterocycles. The van der Waals surface area contributed by atoms with Crippen molar-refractivity contribution in [3.05, 3.63) is 52.5 Å². The van der Waals surface area contributed by atoms with Gasteiger partial charge in [0, 0.05) is 16.8 Å². The first-order valence-corrected chi connectivity index (χ1v) is 8.26. The van der Waals surface area contributed by atoms with Gasteiger partial charge >= 0.3 is 0 Å². The SMILES string of the molecule is COc1cc(Cl)c(C)cc1NCC(=O)Nc1ccc(C(C)C)cc1. The second-order valence-electron chi connectivity index (χ2n) is 5.98. The van der Waals surface area contributed by atoms with Crippen molar-refractivity contribution in [3.63, 3.8) is 0 Å². The van der Waals surface area contributed by atoms with Crippen molar-refractivity contribution in [3.8, 4) is 5.75 Å². The normalized spacial score (nSPS) is 10.6. The summed E-state index contributed by atoms with van der Waals surface area (Å²) in [6.07, 6.45) is 0. The fourth-order valence-electron chi connectivity index (χ4n) is 2.30. The molecule has 0 bridgehead atoms. The Bertz CT molecular complexity index is 712. The molecule has 0 atom stereocenters. The van der Waals surface area contributed by atoms with Crippen LogP contribution in [-0.2, 0) is 4.79 Å². The maximum absolute atomic E-state index is 12.1. The molecule has 0 saturated carbocycles. The Morgan fingerprint density at radius 2 is 1.88 bits per heavy atom. The van der Waals surface area contributed by atoms with Crippen molar-refractivity contribution in [2.24, 2.45) is 0 Å². The minimum atomic E-state index is -0.123. The van der Waals surface area contributed by atoms with Crippen molar-refractivity contribution in [2.45, 2.75) is 26.7 Å². The standard InChI is InChI=1S/C19H23ClN2O2/c1-12(2)14-5-7-15(8-6-14)22-19(23)11-21-17-9-13(3)16(20)10-18(17)24-4/h5-10,12,21H,11H2,1-4H3,(H,22,23).